The molecule has 2 N–H and O–H groups in total. The SMILES string of the molecule is CCOCc1nc(-c2c(C)ncc3c2CCN(c2ccnc(N)n2)C3)no1. The highest BCUT2D eigenvalue weighted by atomic mass is 16.5. The van der Waals surface area contributed by atoms with Crippen molar-refractivity contribution in [2.45, 2.75) is 33.4 Å². The molecule has 3 aromatic heterocycles. The van der Waals surface area contributed by atoms with E-state index in [4.69, 9.17) is 15.0 Å². The van der Waals surface area contributed by atoms with Crippen LogP contribution in [0.2, 0.25) is 0 Å². The topological polar surface area (TPSA) is 116 Å². The Balaban J connectivity index is 1.65. The highest BCUT2D eigenvalue weighted by Crippen LogP contribution is 2.31. The number of nitrogen functional groups attached to an aromatic ring is 1. The summed E-state index contributed by atoms with van der Waals surface area (Å²) in [5, 5.41) is 4.14. The number of nitrogens with zero attached hydrogens (tertiary/aromatic N) is 6. The number of hydrogen-bond donors (Lipinski definition) is 1. The van der Waals surface area contributed by atoms with Crippen LogP contribution in [0.5, 0.6) is 0 Å². The second-order valence-corrected chi connectivity index (χ2v) is 6.32. The van der Waals surface area contributed by atoms with Gasteiger partial charge in [0.15, 0.2) is 0 Å². The van der Waals surface area contributed by atoms with Crippen LogP contribution in [0.1, 0.15) is 29.6 Å². The van der Waals surface area contributed by atoms with Crippen molar-refractivity contribution in [1.29, 1.82) is 0 Å². The highest BCUT2D eigenvalue weighted by molar-refractivity contribution is 5.65. The van der Waals surface area contributed by atoms with Gasteiger partial charge in [-0.05, 0) is 37.5 Å². The first-order valence-electron chi connectivity index (χ1n) is 8.87. The predicted octanol–water partition coefficient (Wildman–Crippen LogP) is 1.91. The van der Waals surface area contributed by atoms with Crippen LogP contribution in [-0.2, 0) is 24.3 Å². The predicted molar refractivity (Wildman–Crippen MR) is 98.8 cm³/mol. The third-order valence-corrected chi connectivity index (χ3v) is 4.56. The van der Waals surface area contributed by atoms with E-state index in [1.54, 1.807) is 6.20 Å². The molecular weight excluding hydrogens is 346 g/mol. The average molecular weight is 367 g/mol. The van der Waals surface area contributed by atoms with Gasteiger partial charge in [0.05, 0.1) is 0 Å². The molecule has 0 spiro atoms. The van der Waals surface area contributed by atoms with Crippen molar-refractivity contribution >= 4 is 11.8 Å². The van der Waals surface area contributed by atoms with Crippen molar-refractivity contribution in [3.05, 3.63) is 41.2 Å². The molecule has 4 rings (SSSR count). The summed E-state index contributed by atoms with van der Waals surface area (Å²) in [6, 6.07) is 1.86. The van der Waals surface area contributed by atoms with Crippen molar-refractivity contribution in [2.75, 3.05) is 23.8 Å². The van der Waals surface area contributed by atoms with Crippen molar-refractivity contribution in [1.82, 2.24) is 25.1 Å². The number of pyridine rings is 1. The molecule has 0 aliphatic carbocycles. The molecule has 9 heteroatoms. The molecule has 0 saturated carbocycles. The fourth-order valence-electron chi connectivity index (χ4n) is 3.29. The second-order valence-electron chi connectivity index (χ2n) is 6.32. The molecule has 1 aliphatic rings. The molecular formula is C18H21N7O2. The number of nitrogens with two attached hydrogens (primary N) is 1. The lowest BCUT2D eigenvalue weighted by Crippen LogP contribution is -2.32. The zero-order valence-electron chi connectivity index (χ0n) is 15.3. The molecule has 9 nitrogen and oxygen atoms in total. The Morgan fingerprint density at radius 1 is 1.30 bits per heavy atom. The quantitative estimate of drug-likeness (QED) is 0.721. The van der Waals surface area contributed by atoms with Gasteiger partial charge in [-0.15, -0.1) is 0 Å². The first-order valence-corrected chi connectivity index (χ1v) is 8.87. The number of anilines is 2. The fourth-order valence-corrected chi connectivity index (χ4v) is 3.29. The lowest BCUT2D eigenvalue weighted by Gasteiger charge is -2.30. The Morgan fingerprint density at radius 2 is 2.19 bits per heavy atom. The van der Waals surface area contributed by atoms with Gasteiger partial charge in [-0.1, -0.05) is 5.16 Å². The van der Waals surface area contributed by atoms with E-state index in [1.165, 1.54) is 5.56 Å². The minimum atomic E-state index is 0.273. The first-order chi connectivity index (χ1) is 13.2. The molecule has 0 atom stereocenters. The maximum Gasteiger partial charge on any atom is 0.252 e. The normalized spacial score (nSPS) is 13.6. The van der Waals surface area contributed by atoms with Gasteiger partial charge in [0, 0.05) is 43.3 Å². The lowest BCUT2D eigenvalue weighted by atomic mass is 9.94. The van der Waals surface area contributed by atoms with Gasteiger partial charge in [-0.3, -0.25) is 4.98 Å². The van der Waals surface area contributed by atoms with Crippen LogP contribution < -0.4 is 10.6 Å². The number of hydrogen-bond acceptors (Lipinski definition) is 9. The van der Waals surface area contributed by atoms with Gasteiger partial charge in [0.1, 0.15) is 12.4 Å². The number of rotatable bonds is 5. The van der Waals surface area contributed by atoms with E-state index >= 15 is 0 Å². The van der Waals surface area contributed by atoms with Crippen molar-refractivity contribution in [2.24, 2.45) is 0 Å². The van der Waals surface area contributed by atoms with Gasteiger partial charge in [-0.25, -0.2) is 4.98 Å². The molecule has 3 aromatic rings. The fraction of sp³-hybridized carbons (Fsp3) is 0.389. The minimum Gasteiger partial charge on any atom is -0.372 e. The summed E-state index contributed by atoms with van der Waals surface area (Å²) >= 11 is 0. The molecule has 0 amide bonds. The molecule has 27 heavy (non-hydrogen) atoms. The van der Waals surface area contributed by atoms with Crippen LogP contribution in [0.25, 0.3) is 11.4 Å². The number of ether oxygens (including phenoxy) is 1. The van der Waals surface area contributed by atoms with Crippen molar-refractivity contribution < 1.29 is 9.26 Å². The van der Waals surface area contributed by atoms with E-state index in [0.29, 0.717) is 31.5 Å². The first kappa shape index (κ1) is 17.3. The Hall–Kier alpha value is -3.07. The Kier molecular flexibility index (Phi) is 4.68. The monoisotopic (exact) mass is 367 g/mol. The van der Waals surface area contributed by atoms with Gasteiger partial charge in [-0.2, -0.15) is 9.97 Å². The standard InChI is InChI=1S/C18H21N7O2/c1-3-26-10-15-23-17(24-27-15)16-11(2)21-8-12-9-25(7-5-13(12)16)14-4-6-20-18(19)22-14/h4,6,8H,3,5,7,9-10H2,1-2H3,(H2,19,20,22). The van der Waals surface area contributed by atoms with Crippen LogP contribution in [0, 0.1) is 6.92 Å². The van der Waals surface area contributed by atoms with Crippen molar-refractivity contribution in [3.8, 4) is 11.4 Å². The summed E-state index contributed by atoms with van der Waals surface area (Å²) in [6.07, 6.45) is 4.41. The summed E-state index contributed by atoms with van der Waals surface area (Å²) in [5.41, 5.74) is 9.87. The van der Waals surface area contributed by atoms with Crippen LogP contribution >= 0.6 is 0 Å². The lowest BCUT2D eigenvalue weighted by molar-refractivity contribution is 0.109. The smallest absolute Gasteiger partial charge is 0.252 e. The molecule has 140 valence electrons. The maximum absolute atomic E-state index is 5.72. The van der Waals surface area contributed by atoms with Gasteiger partial charge < -0.3 is 19.9 Å². The van der Waals surface area contributed by atoms with Crippen molar-refractivity contribution in [3.63, 3.8) is 0 Å². The molecule has 4 heterocycles. The Morgan fingerprint density at radius 3 is 3.00 bits per heavy atom. The second kappa shape index (κ2) is 7.28. The van der Waals surface area contributed by atoms with Crippen LogP contribution in [-0.4, -0.2) is 38.2 Å². The van der Waals surface area contributed by atoms with Crippen LogP contribution in [0.15, 0.2) is 23.0 Å². The Bertz CT molecular complexity index is 957. The van der Waals surface area contributed by atoms with E-state index in [2.05, 4.69) is 30.0 Å². The zero-order chi connectivity index (χ0) is 18.8. The largest absolute Gasteiger partial charge is 0.372 e. The molecule has 0 unspecified atom stereocenters. The number of aromatic nitrogens is 5. The van der Waals surface area contributed by atoms with E-state index in [-0.39, 0.29) is 5.95 Å². The third-order valence-electron chi connectivity index (χ3n) is 4.56. The van der Waals surface area contributed by atoms with E-state index in [9.17, 15) is 0 Å². The molecule has 0 bridgehead atoms. The molecule has 0 radical (unpaired) electrons. The molecule has 0 aromatic carbocycles. The molecule has 1 aliphatic heterocycles. The van der Waals surface area contributed by atoms with Crippen LogP contribution in [0.4, 0.5) is 11.8 Å². The zero-order valence-corrected chi connectivity index (χ0v) is 15.3. The summed E-state index contributed by atoms with van der Waals surface area (Å²) in [4.78, 5) is 19.5. The van der Waals surface area contributed by atoms with E-state index in [0.717, 1.165) is 35.6 Å². The van der Waals surface area contributed by atoms with Crippen LogP contribution in [0.3, 0.4) is 0 Å². The van der Waals surface area contributed by atoms with Gasteiger partial charge in [0.2, 0.25) is 11.8 Å². The third kappa shape index (κ3) is 3.45. The maximum atomic E-state index is 5.72. The molecule has 0 fully saturated rings. The minimum absolute atomic E-state index is 0.273. The van der Waals surface area contributed by atoms with Gasteiger partial charge in [0.25, 0.3) is 5.89 Å². The Labute approximate surface area is 156 Å². The summed E-state index contributed by atoms with van der Waals surface area (Å²) in [7, 11) is 0. The van der Waals surface area contributed by atoms with E-state index < -0.39 is 0 Å². The highest BCUT2D eigenvalue weighted by Gasteiger charge is 2.25. The number of fused-ring (bicyclic) bond motifs is 1. The summed E-state index contributed by atoms with van der Waals surface area (Å²) in [6.45, 7) is 6.30. The van der Waals surface area contributed by atoms with E-state index in [1.807, 2.05) is 26.1 Å². The molecule has 0 saturated heterocycles. The van der Waals surface area contributed by atoms with Gasteiger partial charge >= 0.3 is 0 Å². The average Bonchev–Trinajstić information content (AvgIpc) is 3.14. The number of aryl methyl sites for hydroxylation is 1. The summed E-state index contributed by atoms with van der Waals surface area (Å²) in [5.74, 6) is 2.12. The summed E-state index contributed by atoms with van der Waals surface area (Å²) < 4.78 is 10.7.